The van der Waals surface area contributed by atoms with Crippen LogP contribution in [0.3, 0.4) is 0 Å². The molecule has 23 heavy (non-hydrogen) atoms. The largest absolute Gasteiger partial charge is 0.478 e. The van der Waals surface area contributed by atoms with Crippen LogP contribution in [0.2, 0.25) is 0 Å². The van der Waals surface area contributed by atoms with Crippen LogP contribution < -0.4 is 10.1 Å². The zero-order valence-electron chi connectivity index (χ0n) is 13.5. The molecule has 1 N–H and O–H groups in total. The van der Waals surface area contributed by atoms with Gasteiger partial charge in [0.25, 0.3) is 5.91 Å². The number of hydrogen-bond acceptors (Lipinski definition) is 5. The minimum absolute atomic E-state index is 0.121. The quantitative estimate of drug-likeness (QED) is 0.752. The summed E-state index contributed by atoms with van der Waals surface area (Å²) in [4.78, 5) is 22.0. The Morgan fingerprint density at radius 3 is 2.91 bits per heavy atom. The van der Waals surface area contributed by atoms with Crippen molar-refractivity contribution in [2.24, 2.45) is 0 Å². The Kier molecular flexibility index (Phi) is 6.50. The van der Waals surface area contributed by atoms with Gasteiger partial charge < -0.3 is 15.0 Å². The lowest BCUT2D eigenvalue weighted by Crippen LogP contribution is -2.25. The van der Waals surface area contributed by atoms with Crippen LogP contribution in [0.25, 0.3) is 0 Å². The van der Waals surface area contributed by atoms with Crippen LogP contribution in [0.15, 0.2) is 42.9 Å². The summed E-state index contributed by atoms with van der Waals surface area (Å²) in [7, 11) is 4.04. The smallest absolute Gasteiger partial charge is 0.252 e. The van der Waals surface area contributed by atoms with Crippen molar-refractivity contribution in [3.63, 3.8) is 0 Å². The number of ether oxygens (including phenoxy) is 1. The lowest BCUT2D eigenvalue weighted by atomic mass is 10.2. The Morgan fingerprint density at radius 2 is 2.17 bits per heavy atom. The fraction of sp³-hybridized carbons (Fsp3) is 0.353. The summed E-state index contributed by atoms with van der Waals surface area (Å²) < 4.78 is 5.62. The molecule has 0 radical (unpaired) electrons. The summed E-state index contributed by atoms with van der Waals surface area (Å²) >= 11 is 0. The standard InChI is InChI=1S/C17H22N4O2/c1-21(2)13-14-6-9-19-16(11-14)23-10-4-8-20-17(22)15-5-3-7-18-12-15/h3,5-7,9,11-12H,4,8,10,13H2,1-2H3,(H,20,22). The second-order valence-corrected chi connectivity index (χ2v) is 5.44. The van der Waals surface area contributed by atoms with Crippen LogP contribution in [0.5, 0.6) is 5.88 Å². The highest BCUT2D eigenvalue weighted by atomic mass is 16.5. The van der Waals surface area contributed by atoms with E-state index in [1.165, 1.54) is 0 Å². The molecule has 0 saturated heterocycles. The summed E-state index contributed by atoms with van der Waals surface area (Å²) in [6.07, 6.45) is 5.65. The van der Waals surface area contributed by atoms with E-state index in [4.69, 9.17) is 4.74 Å². The zero-order valence-corrected chi connectivity index (χ0v) is 13.5. The van der Waals surface area contributed by atoms with Crippen LogP contribution in [-0.4, -0.2) is 48.0 Å². The summed E-state index contributed by atoms with van der Waals surface area (Å²) in [5, 5.41) is 2.84. The number of amides is 1. The number of hydrogen-bond donors (Lipinski definition) is 1. The van der Waals surface area contributed by atoms with Crippen molar-refractivity contribution in [1.29, 1.82) is 0 Å². The van der Waals surface area contributed by atoms with E-state index in [2.05, 4.69) is 20.2 Å². The molecule has 0 atom stereocenters. The van der Waals surface area contributed by atoms with Crippen molar-refractivity contribution < 1.29 is 9.53 Å². The molecule has 0 aliphatic heterocycles. The molecule has 0 bridgehead atoms. The highest BCUT2D eigenvalue weighted by Gasteiger charge is 2.04. The maximum Gasteiger partial charge on any atom is 0.252 e. The van der Waals surface area contributed by atoms with Gasteiger partial charge in [-0.05, 0) is 44.3 Å². The Bertz CT molecular complexity index is 617. The molecule has 0 aliphatic rings. The van der Waals surface area contributed by atoms with Crippen LogP contribution >= 0.6 is 0 Å². The highest BCUT2D eigenvalue weighted by Crippen LogP contribution is 2.10. The first-order valence-corrected chi connectivity index (χ1v) is 7.56. The van der Waals surface area contributed by atoms with E-state index in [1.54, 1.807) is 30.7 Å². The van der Waals surface area contributed by atoms with Crippen molar-refractivity contribution in [2.45, 2.75) is 13.0 Å². The van der Waals surface area contributed by atoms with Gasteiger partial charge in [-0.1, -0.05) is 0 Å². The third-order valence-corrected chi connectivity index (χ3v) is 3.08. The first kappa shape index (κ1) is 16.9. The highest BCUT2D eigenvalue weighted by molar-refractivity contribution is 5.93. The van der Waals surface area contributed by atoms with Crippen molar-refractivity contribution >= 4 is 5.91 Å². The molecule has 0 unspecified atom stereocenters. The van der Waals surface area contributed by atoms with E-state index >= 15 is 0 Å². The third-order valence-electron chi connectivity index (χ3n) is 3.08. The fourth-order valence-electron chi connectivity index (χ4n) is 2.04. The number of carbonyl (C=O) groups excluding carboxylic acids is 1. The number of pyridine rings is 2. The molecule has 0 spiro atoms. The third kappa shape index (κ3) is 6.04. The number of rotatable bonds is 8. The normalized spacial score (nSPS) is 10.6. The molecule has 122 valence electrons. The van der Waals surface area contributed by atoms with Crippen LogP contribution in [0.4, 0.5) is 0 Å². The van der Waals surface area contributed by atoms with E-state index in [1.807, 2.05) is 26.2 Å². The molecule has 0 fully saturated rings. The molecule has 6 nitrogen and oxygen atoms in total. The molecule has 6 heteroatoms. The maximum atomic E-state index is 11.8. The fourth-order valence-corrected chi connectivity index (χ4v) is 2.04. The molecule has 1 amide bonds. The zero-order chi connectivity index (χ0) is 16.5. The Balaban J connectivity index is 1.68. The molecular formula is C17H22N4O2. The number of nitrogens with zero attached hydrogens (tertiary/aromatic N) is 3. The van der Waals surface area contributed by atoms with Gasteiger partial charge in [0.05, 0.1) is 12.2 Å². The average molecular weight is 314 g/mol. The summed E-state index contributed by atoms with van der Waals surface area (Å²) in [6.45, 7) is 1.90. The van der Waals surface area contributed by atoms with Crippen LogP contribution in [-0.2, 0) is 6.54 Å². The predicted octanol–water partition coefficient (Wildman–Crippen LogP) is 1.74. The molecule has 2 aromatic rings. The number of carbonyl (C=O) groups is 1. The minimum atomic E-state index is -0.121. The monoisotopic (exact) mass is 314 g/mol. The summed E-state index contributed by atoms with van der Waals surface area (Å²) in [6, 6.07) is 7.39. The van der Waals surface area contributed by atoms with Gasteiger partial charge >= 0.3 is 0 Å². The Hall–Kier alpha value is -2.47. The van der Waals surface area contributed by atoms with Crippen LogP contribution in [0, 0.1) is 0 Å². The van der Waals surface area contributed by atoms with Gasteiger partial charge in [-0.15, -0.1) is 0 Å². The lowest BCUT2D eigenvalue weighted by Gasteiger charge is -2.11. The van der Waals surface area contributed by atoms with Crippen molar-refractivity contribution in [1.82, 2.24) is 20.2 Å². The van der Waals surface area contributed by atoms with E-state index < -0.39 is 0 Å². The topological polar surface area (TPSA) is 67.3 Å². The minimum Gasteiger partial charge on any atom is -0.478 e. The van der Waals surface area contributed by atoms with Gasteiger partial charge in [0.2, 0.25) is 5.88 Å². The molecule has 0 saturated carbocycles. The van der Waals surface area contributed by atoms with Gasteiger partial charge in [0, 0.05) is 37.7 Å². The molecule has 2 heterocycles. The summed E-state index contributed by atoms with van der Waals surface area (Å²) in [5.41, 5.74) is 1.72. The lowest BCUT2D eigenvalue weighted by molar-refractivity contribution is 0.0951. The molecule has 0 aliphatic carbocycles. The van der Waals surface area contributed by atoms with E-state index in [0.29, 0.717) is 31.0 Å². The molecular weight excluding hydrogens is 292 g/mol. The molecule has 2 aromatic heterocycles. The second kappa shape index (κ2) is 8.85. The first-order chi connectivity index (χ1) is 11.1. The van der Waals surface area contributed by atoms with Gasteiger partial charge in [-0.25, -0.2) is 4.98 Å². The first-order valence-electron chi connectivity index (χ1n) is 7.56. The SMILES string of the molecule is CN(C)Cc1ccnc(OCCCNC(=O)c2cccnc2)c1. The van der Waals surface area contributed by atoms with E-state index in [9.17, 15) is 4.79 Å². The number of nitrogens with one attached hydrogen (secondary N) is 1. The van der Waals surface area contributed by atoms with Gasteiger partial charge in [-0.3, -0.25) is 9.78 Å². The van der Waals surface area contributed by atoms with Crippen molar-refractivity contribution in [2.75, 3.05) is 27.2 Å². The Labute approximate surface area is 136 Å². The van der Waals surface area contributed by atoms with Gasteiger partial charge in [-0.2, -0.15) is 0 Å². The van der Waals surface area contributed by atoms with Gasteiger partial charge in [0.1, 0.15) is 0 Å². The predicted molar refractivity (Wildman–Crippen MR) is 88.3 cm³/mol. The molecule has 2 rings (SSSR count). The maximum absolute atomic E-state index is 11.8. The van der Waals surface area contributed by atoms with Crippen molar-refractivity contribution in [3.05, 3.63) is 54.0 Å². The van der Waals surface area contributed by atoms with Gasteiger partial charge in [0.15, 0.2) is 0 Å². The second-order valence-electron chi connectivity index (χ2n) is 5.44. The van der Waals surface area contributed by atoms with E-state index in [0.717, 1.165) is 12.1 Å². The number of aromatic nitrogens is 2. The van der Waals surface area contributed by atoms with Crippen molar-refractivity contribution in [3.8, 4) is 5.88 Å². The molecule has 0 aromatic carbocycles. The van der Waals surface area contributed by atoms with E-state index in [-0.39, 0.29) is 5.91 Å². The van der Waals surface area contributed by atoms with Crippen LogP contribution in [0.1, 0.15) is 22.3 Å². The Morgan fingerprint density at radius 1 is 1.30 bits per heavy atom. The average Bonchev–Trinajstić information content (AvgIpc) is 2.55. The summed E-state index contributed by atoms with van der Waals surface area (Å²) in [5.74, 6) is 0.493.